The summed E-state index contributed by atoms with van der Waals surface area (Å²) in [7, 11) is 0. The van der Waals surface area contributed by atoms with E-state index in [-0.39, 0.29) is 17.2 Å². The molecule has 1 aromatic carbocycles. The number of hydrogen-bond donors (Lipinski definition) is 1. The molecule has 0 aliphatic carbocycles. The lowest BCUT2D eigenvalue weighted by atomic mass is 9.87. The predicted octanol–water partition coefficient (Wildman–Crippen LogP) is 3.37. The molecule has 1 unspecified atom stereocenters. The minimum absolute atomic E-state index is 0.0141. The molecule has 2 nitrogen and oxygen atoms in total. The molecule has 0 radical (unpaired) electrons. The van der Waals surface area contributed by atoms with Gasteiger partial charge in [-0.15, -0.1) is 0 Å². The van der Waals surface area contributed by atoms with Crippen LogP contribution in [0.15, 0.2) is 18.2 Å². The van der Waals surface area contributed by atoms with Gasteiger partial charge in [-0.1, -0.05) is 33.8 Å². The average molecular weight is 257 g/mol. The summed E-state index contributed by atoms with van der Waals surface area (Å²) in [6.45, 7) is 9.33. The van der Waals surface area contributed by atoms with Crippen molar-refractivity contribution >= 4 is 0 Å². The Hall–Kier alpha value is -1.16. The van der Waals surface area contributed by atoms with Crippen LogP contribution in [0.5, 0.6) is 5.75 Å². The van der Waals surface area contributed by atoms with Crippen molar-refractivity contribution in [3.8, 4) is 5.75 Å². The van der Waals surface area contributed by atoms with Gasteiger partial charge in [0.1, 0.15) is 6.61 Å². The van der Waals surface area contributed by atoms with Crippen molar-refractivity contribution in [1.29, 1.82) is 0 Å². The first kappa shape index (κ1) is 14.9. The average Bonchev–Trinajstić information content (AvgIpc) is 2.28. The number of rotatable bonds is 5. The summed E-state index contributed by atoms with van der Waals surface area (Å²) in [6.07, 6.45) is 0. The topological polar surface area (TPSA) is 21.3 Å². The predicted molar refractivity (Wildman–Crippen MR) is 68.8 cm³/mol. The summed E-state index contributed by atoms with van der Waals surface area (Å²) in [5.41, 5.74) is -0.0141. The van der Waals surface area contributed by atoms with Crippen molar-refractivity contribution < 1.29 is 13.5 Å². The van der Waals surface area contributed by atoms with Gasteiger partial charge in [-0.2, -0.15) is 4.39 Å². The van der Waals surface area contributed by atoms with Crippen molar-refractivity contribution in [2.75, 3.05) is 13.2 Å². The monoisotopic (exact) mass is 257 g/mol. The Kier molecular flexibility index (Phi) is 5.08. The molecule has 0 amide bonds. The first-order chi connectivity index (χ1) is 8.36. The van der Waals surface area contributed by atoms with Gasteiger partial charge in [-0.05, 0) is 24.1 Å². The van der Waals surface area contributed by atoms with E-state index in [1.54, 1.807) is 0 Å². The molecule has 0 heterocycles. The lowest BCUT2D eigenvalue weighted by Gasteiger charge is -2.31. The molecule has 0 aliphatic rings. The highest BCUT2D eigenvalue weighted by Gasteiger charge is 2.24. The number of benzene rings is 1. The van der Waals surface area contributed by atoms with Gasteiger partial charge in [-0.25, -0.2) is 4.39 Å². The van der Waals surface area contributed by atoms with Crippen LogP contribution in [0, 0.1) is 17.0 Å². The van der Waals surface area contributed by atoms with E-state index < -0.39 is 11.6 Å². The van der Waals surface area contributed by atoms with E-state index in [1.807, 2.05) is 6.92 Å². The van der Waals surface area contributed by atoms with E-state index in [2.05, 4.69) is 26.1 Å². The summed E-state index contributed by atoms with van der Waals surface area (Å²) in [5, 5.41) is 3.29. The molecule has 102 valence electrons. The van der Waals surface area contributed by atoms with E-state index in [9.17, 15) is 8.78 Å². The van der Waals surface area contributed by atoms with Gasteiger partial charge in [0.05, 0.1) is 0 Å². The number of hydrogen-bond acceptors (Lipinski definition) is 2. The van der Waals surface area contributed by atoms with Crippen molar-refractivity contribution in [2.24, 2.45) is 5.41 Å². The molecule has 0 bridgehead atoms. The van der Waals surface area contributed by atoms with Crippen molar-refractivity contribution in [3.63, 3.8) is 0 Å². The van der Waals surface area contributed by atoms with E-state index in [1.165, 1.54) is 12.1 Å². The molecule has 1 atom stereocenters. The van der Waals surface area contributed by atoms with Crippen LogP contribution in [-0.4, -0.2) is 19.2 Å². The maximum absolute atomic E-state index is 13.4. The number of halogens is 2. The van der Waals surface area contributed by atoms with Gasteiger partial charge in [0.25, 0.3) is 0 Å². The van der Waals surface area contributed by atoms with Gasteiger partial charge in [-0.3, -0.25) is 0 Å². The molecule has 0 fully saturated rings. The van der Waals surface area contributed by atoms with E-state index in [0.717, 1.165) is 12.6 Å². The van der Waals surface area contributed by atoms with Gasteiger partial charge in [0.15, 0.2) is 11.6 Å². The molecule has 1 rings (SSSR count). The second kappa shape index (κ2) is 6.14. The molecule has 0 aromatic heterocycles. The fourth-order valence-electron chi connectivity index (χ4n) is 1.63. The van der Waals surface area contributed by atoms with Crippen LogP contribution in [0.25, 0.3) is 0 Å². The second-order valence-corrected chi connectivity index (χ2v) is 5.34. The zero-order valence-corrected chi connectivity index (χ0v) is 11.4. The highest BCUT2D eigenvalue weighted by molar-refractivity contribution is 5.25. The largest absolute Gasteiger partial charge is 0.489 e. The van der Waals surface area contributed by atoms with Gasteiger partial charge in [0, 0.05) is 6.04 Å². The maximum Gasteiger partial charge on any atom is 0.200 e. The lowest BCUT2D eigenvalue weighted by Crippen LogP contribution is -2.44. The van der Waals surface area contributed by atoms with Crippen molar-refractivity contribution in [2.45, 2.75) is 33.7 Å². The Morgan fingerprint density at radius 2 is 1.94 bits per heavy atom. The number of likely N-dealkylation sites (N-methyl/N-ethyl adjacent to an activating group) is 1. The second-order valence-electron chi connectivity index (χ2n) is 5.34. The highest BCUT2D eigenvalue weighted by atomic mass is 19.2. The zero-order chi connectivity index (χ0) is 13.8. The normalized spacial score (nSPS) is 13.4. The van der Waals surface area contributed by atoms with Crippen molar-refractivity contribution in [3.05, 3.63) is 29.8 Å². The molecule has 1 aromatic rings. The Balaban J connectivity index is 2.70. The van der Waals surface area contributed by atoms with Crippen LogP contribution in [0.2, 0.25) is 0 Å². The summed E-state index contributed by atoms with van der Waals surface area (Å²) < 4.78 is 31.8. The lowest BCUT2D eigenvalue weighted by molar-refractivity contribution is 0.170. The van der Waals surface area contributed by atoms with Gasteiger partial charge in [0.2, 0.25) is 5.82 Å². The van der Waals surface area contributed by atoms with E-state index in [0.29, 0.717) is 6.61 Å². The highest BCUT2D eigenvalue weighted by Crippen LogP contribution is 2.23. The summed E-state index contributed by atoms with van der Waals surface area (Å²) in [5.74, 6) is -1.85. The minimum Gasteiger partial charge on any atom is -0.489 e. The Morgan fingerprint density at radius 1 is 1.28 bits per heavy atom. The van der Waals surface area contributed by atoms with E-state index >= 15 is 0 Å². The fourth-order valence-corrected chi connectivity index (χ4v) is 1.63. The minimum atomic E-state index is -0.929. The van der Waals surface area contributed by atoms with Crippen LogP contribution in [0.1, 0.15) is 27.7 Å². The molecule has 18 heavy (non-hydrogen) atoms. The third kappa shape index (κ3) is 3.95. The van der Waals surface area contributed by atoms with Crippen LogP contribution < -0.4 is 10.1 Å². The van der Waals surface area contributed by atoms with Crippen LogP contribution in [0.4, 0.5) is 8.78 Å². The first-order valence-electron chi connectivity index (χ1n) is 6.16. The molecule has 1 N–H and O–H groups in total. The SMILES string of the molecule is CCNC(COc1cccc(F)c1F)C(C)(C)C. The van der Waals surface area contributed by atoms with E-state index in [4.69, 9.17) is 4.74 Å². The molecule has 0 spiro atoms. The number of nitrogens with one attached hydrogen (secondary N) is 1. The zero-order valence-electron chi connectivity index (χ0n) is 11.4. The maximum atomic E-state index is 13.4. The first-order valence-corrected chi connectivity index (χ1v) is 6.16. The number of ether oxygens (including phenoxy) is 1. The van der Waals surface area contributed by atoms with Crippen LogP contribution >= 0.6 is 0 Å². The van der Waals surface area contributed by atoms with Crippen LogP contribution in [-0.2, 0) is 0 Å². The summed E-state index contributed by atoms with van der Waals surface area (Å²) in [6, 6.07) is 4.02. The molecular weight excluding hydrogens is 236 g/mol. The summed E-state index contributed by atoms with van der Waals surface area (Å²) in [4.78, 5) is 0. The quantitative estimate of drug-likeness (QED) is 0.873. The van der Waals surface area contributed by atoms with Crippen LogP contribution in [0.3, 0.4) is 0 Å². The third-order valence-electron chi connectivity index (χ3n) is 2.82. The Morgan fingerprint density at radius 3 is 2.50 bits per heavy atom. The Labute approximate surface area is 107 Å². The Bertz CT molecular complexity index is 388. The smallest absolute Gasteiger partial charge is 0.200 e. The molecule has 4 heteroatoms. The van der Waals surface area contributed by atoms with Gasteiger partial charge < -0.3 is 10.1 Å². The molecule has 0 aliphatic heterocycles. The van der Waals surface area contributed by atoms with Crippen molar-refractivity contribution in [1.82, 2.24) is 5.32 Å². The fraction of sp³-hybridized carbons (Fsp3) is 0.571. The molecular formula is C14H21F2NO. The van der Waals surface area contributed by atoms with Gasteiger partial charge >= 0.3 is 0 Å². The molecule has 0 saturated carbocycles. The summed E-state index contributed by atoms with van der Waals surface area (Å²) >= 11 is 0. The standard InChI is InChI=1S/C14H21F2NO/c1-5-17-12(14(2,3)4)9-18-11-8-6-7-10(15)13(11)16/h6-8,12,17H,5,9H2,1-4H3. The molecule has 0 saturated heterocycles. The third-order valence-corrected chi connectivity index (χ3v) is 2.82.